The third-order valence-corrected chi connectivity index (χ3v) is 5.54. The van der Waals surface area contributed by atoms with Crippen molar-refractivity contribution in [3.63, 3.8) is 0 Å². The van der Waals surface area contributed by atoms with Gasteiger partial charge in [-0.15, -0.1) is 0 Å². The molecule has 0 fully saturated rings. The average Bonchev–Trinajstić information content (AvgIpc) is 2.94. The molecule has 5 nitrogen and oxygen atoms in total. The molecule has 1 heterocycles. The number of hydrogen-bond acceptors (Lipinski definition) is 3. The Morgan fingerprint density at radius 3 is 2.79 bits per heavy atom. The fourth-order valence-corrected chi connectivity index (χ4v) is 4.26. The molecule has 0 saturated carbocycles. The summed E-state index contributed by atoms with van der Waals surface area (Å²) in [6.45, 7) is 5.89. The quantitative estimate of drug-likeness (QED) is 0.644. The molecular weight excluding hydrogens is 384 g/mol. The van der Waals surface area contributed by atoms with Crippen molar-refractivity contribution in [2.45, 2.75) is 52.1 Å². The van der Waals surface area contributed by atoms with Gasteiger partial charge in [0.25, 0.3) is 0 Å². The number of H-pyrrole nitrogens is 1. The molecule has 0 bridgehead atoms. The molecule has 1 aliphatic carbocycles. The number of halogens is 2. The lowest BCUT2D eigenvalue weighted by Crippen LogP contribution is -2.35. The van der Waals surface area contributed by atoms with Crippen LogP contribution in [0.1, 0.15) is 56.1 Å². The zero-order chi connectivity index (χ0) is 20.6. The SMILES string of the molecule is CC(C)(C)C(NCC(=O)O)c1cn(C2CCc3c(F)cc(F)cc3C2)c(=S)[nH]1. The second-order valence-electron chi connectivity index (χ2n) is 8.42. The highest BCUT2D eigenvalue weighted by atomic mass is 32.1. The molecule has 0 saturated heterocycles. The number of aliphatic carboxylic acids is 1. The Morgan fingerprint density at radius 1 is 1.43 bits per heavy atom. The average molecular weight is 410 g/mol. The molecule has 2 aromatic rings. The van der Waals surface area contributed by atoms with Gasteiger partial charge in [-0.05, 0) is 54.1 Å². The van der Waals surface area contributed by atoms with Crippen LogP contribution in [-0.4, -0.2) is 27.2 Å². The number of aromatic amines is 1. The van der Waals surface area contributed by atoms with Gasteiger partial charge in [0.15, 0.2) is 4.77 Å². The molecule has 3 N–H and O–H groups in total. The summed E-state index contributed by atoms with van der Waals surface area (Å²) in [4.78, 5) is 14.2. The molecule has 2 unspecified atom stereocenters. The molecule has 8 heteroatoms. The summed E-state index contributed by atoms with van der Waals surface area (Å²) in [6.07, 6.45) is 3.62. The Morgan fingerprint density at radius 2 is 2.14 bits per heavy atom. The number of nitrogens with zero attached hydrogens (tertiary/aromatic N) is 1. The minimum Gasteiger partial charge on any atom is -0.480 e. The molecular formula is C20H25F2N3O2S. The third kappa shape index (κ3) is 4.33. The van der Waals surface area contributed by atoms with Crippen LogP contribution in [0.5, 0.6) is 0 Å². The van der Waals surface area contributed by atoms with Gasteiger partial charge >= 0.3 is 5.97 Å². The maximum Gasteiger partial charge on any atom is 0.317 e. The van der Waals surface area contributed by atoms with Crippen LogP contribution < -0.4 is 5.32 Å². The van der Waals surface area contributed by atoms with Gasteiger partial charge < -0.3 is 14.7 Å². The number of aromatic nitrogens is 2. The van der Waals surface area contributed by atoms with Crippen LogP contribution in [0.4, 0.5) is 8.78 Å². The molecule has 2 atom stereocenters. The van der Waals surface area contributed by atoms with Gasteiger partial charge in [-0.2, -0.15) is 0 Å². The maximum atomic E-state index is 14.0. The summed E-state index contributed by atoms with van der Waals surface area (Å²) >= 11 is 5.50. The van der Waals surface area contributed by atoms with Crippen molar-refractivity contribution in [3.05, 3.63) is 51.6 Å². The van der Waals surface area contributed by atoms with E-state index in [2.05, 4.69) is 10.3 Å². The molecule has 3 rings (SSSR count). The Hall–Kier alpha value is -2.06. The van der Waals surface area contributed by atoms with E-state index in [9.17, 15) is 13.6 Å². The second kappa shape index (κ2) is 7.75. The standard InChI is InChI=1S/C20H25F2N3O2S/c1-20(2,3)18(23-9-17(26)27)16-10-25(19(28)24-16)13-4-5-14-11(7-13)6-12(21)8-15(14)22/h6,8,10,13,18,23H,4-5,7,9H2,1-3H3,(H,24,28)(H,26,27). The van der Waals surface area contributed by atoms with Gasteiger partial charge in [-0.25, -0.2) is 8.78 Å². The minimum absolute atomic E-state index is 0.00806. The normalized spacial score (nSPS) is 18.0. The van der Waals surface area contributed by atoms with Crippen LogP contribution in [0.15, 0.2) is 18.3 Å². The lowest BCUT2D eigenvalue weighted by atomic mass is 9.85. The monoisotopic (exact) mass is 409 g/mol. The highest BCUT2D eigenvalue weighted by molar-refractivity contribution is 7.71. The van der Waals surface area contributed by atoms with E-state index >= 15 is 0 Å². The number of hydrogen-bond donors (Lipinski definition) is 3. The number of carboxylic acids is 1. The molecule has 1 aromatic carbocycles. The molecule has 152 valence electrons. The fraction of sp³-hybridized carbons (Fsp3) is 0.500. The summed E-state index contributed by atoms with van der Waals surface area (Å²) in [5.41, 5.74) is 1.81. The molecule has 28 heavy (non-hydrogen) atoms. The van der Waals surface area contributed by atoms with Gasteiger partial charge in [0.2, 0.25) is 0 Å². The van der Waals surface area contributed by atoms with Crippen molar-refractivity contribution in [1.29, 1.82) is 0 Å². The van der Waals surface area contributed by atoms with E-state index < -0.39 is 17.6 Å². The number of imidazole rings is 1. The Kier molecular flexibility index (Phi) is 5.72. The first-order chi connectivity index (χ1) is 13.1. The second-order valence-corrected chi connectivity index (χ2v) is 8.80. The van der Waals surface area contributed by atoms with Crippen LogP contribution in [0, 0.1) is 21.8 Å². The minimum atomic E-state index is -0.930. The predicted molar refractivity (Wildman–Crippen MR) is 105 cm³/mol. The topological polar surface area (TPSA) is 70.0 Å². The molecule has 1 aromatic heterocycles. The van der Waals surface area contributed by atoms with Crippen LogP contribution in [-0.2, 0) is 17.6 Å². The van der Waals surface area contributed by atoms with Gasteiger partial charge in [-0.3, -0.25) is 10.1 Å². The van der Waals surface area contributed by atoms with E-state index in [-0.39, 0.29) is 24.0 Å². The zero-order valence-corrected chi connectivity index (χ0v) is 17.0. The van der Waals surface area contributed by atoms with E-state index in [4.69, 9.17) is 17.3 Å². The first kappa shape index (κ1) is 20.7. The molecule has 0 spiro atoms. The van der Waals surface area contributed by atoms with Gasteiger partial charge in [0, 0.05) is 18.3 Å². The highest BCUT2D eigenvalue weighted by Gasteiger charge is 2.30. The smallest absolute Gasteiger partial charge is 0.317 e. The lowest BCUT2D eigenvalue weighted by molar-refractivity contribution is -0.136. The van der Waals surface area contributed by atoms with E-state index in [1.807, 2.05) is 31.5 Å². The summed E-state index contributed by atoms with van der Waals surface area (Å²) in [5.74, 6) is -1.99. The summed E-state index contributed by atoms with van der Waals surface area (Å²) in [5, 5.41) is 12.1. The Labute approximate surface area is 167 Å². The van der Waals surface area contributed by atoms with Crippen LogP contribution in [0.3, 0.4) is 0 Å². The van der Waals surface area contributed by atoms with Crippen LogP contribution in [0.25, 0.3) is 0 Å². The third-order valence-electron chi connectivity index (χ3n) is 5.23. The highest BCUT2D eigenvalue weighted by Crippen LogP contribution is 2.35. The summed E-state index contributed by atoms with van der Waals surface area (Å²) in [6, 6.07) is 2.08. The van der Waals surface area contributed by atoms with Crippen molar-refractivity contribution in [2.24, 2.45) is 5.41 Å². The maximum absolute atomic E-state index is 14.0. The van der Waals surface area contributed by atoms with Crippen molar-refractivity contribution < 1.29 is 18.7 Å². The number of rotatable bonds is 5. The summed E-state index contributed by atoms with van der Waals surface area (Å²) < 4.78 is 30.1. The number of fused-ring (bicyclic) bond motifs is 1. The number of carboxylic acid groups (broad SMARTS) is 1. The molecule has 0 radical (unpaired) electrons. The predicted octanol–water partition coefficient (Wildman–Crippen LogP) is 4.32. The van der Waals surface area contributed by atoms with Crippen molar-refractivity contribution >= 4 is 18.2 Å². The van der Waals surface area contributed by atoms with Gasteiger partial charge in [-0.1, -0.05) is 20.8 Å². The number of carbonyl (C=O) groups is 1. The van der Waals surface area contributed by atoms with E-state index in [1.165, 1.54) is 6.07 Å². The van der Waals surface area contributed by atoms with Gasteiger partial charge in [0.05, 0.1) is 18.3 Å². The van der Waals surface area contributed by atoms with Crippen molar-refractivity contribution in [1.82, 2.24) is 14.9 Å². The fourth-order valence-electron chi connectivity index (χ4n) is 3.94. The Balaban J connectivity index is 1.89. The largest absolute Gasteiger partial charge is 0.480 e. The number of nitrogens with one attached hydrogen (secondary N) is 2. The first-order valence-corrected chi connectivity index (χ1v) is 9.70. The van der Waals surface area contributed by atoms with Crippen LogP contribution in [0.2, 0.25) is 0 Å². The number of benzene rings is 1. The molecule has 0 aliphatic heterocycles. The van der Waals surface area contributed by atoms with Crippen molar-refractivity contribution in [3.8, 4) is 0 Å². The Bertz CT molecular complexity index is 946. The van der Waals surface area contributed by atoms with Crippen LogP contribution >= 0.6 is 12.2 Å². The lowest BCUT2D eigenvalue weighted by Gasteiger charge is -2.30. The van der Waals surface area contributed by atoms with E-state index in [0.29, 0.717) is 35.2 Å². The van der Waals surface area contributed by atoms with E-state index in [0.717, 1.165) is 11.8 Å². The van der Waals surface area contributed by atoms with E-state index in [1.54, 1.807) is 0 Å². The molecule has 1 aliphatic rings. The first-order valence-electron chi connectivity index (χ1n) is 9.29. The van der Waals surface area contributed by atoms with Gasteiger partial charge in [0.1, 0.15) is 11.6 Å². The summed E-state index contributed by atoms with van der Waals surface area (Å²) in [7, 11) is 0. The van der Waals surface area contributed by atoms with Crippen molar-refractivity contribution in [2.75, 3.05) is 6.54 Å². The molecule has 0 amide bonds. The zero-order valence-electron chi connectivity index (χ0n) is 16.2.